The molecule has 1 aromatic heterocycles. The summed E-state index contributed by atoms with van der Waals surface area (Å²) < 4.78 is 11.3. The zero-order chi connectivity index (χ0) is 22.7. The van der Waals surface area contributed by atoms with Gasteiger partial charge in [0.05, 0.1) is 12.6 Å². The zero-order valence-electron chi connectivity index (χ0n) is 18.6. The van der Waals surface area contributed by atoms with Crippen molar-refractivity contribution in [2.75, 3.05) is 50.7 Å². The standard InChI is InChI=1S/C23H30ClN5O3/c1-15-12-21(27-23(25)26-15)29-8-3-9-32-14-20(29)18-5-4-16(13-19(18)24)22(30)28(2)17-6-10-31-11-7-17/h4-5,12-13,17,20H,3,6-11,14H2,1-2H3,(H2,25,26,27). The first-order chi connectivity index (χ1) is 15.4. The van der Waals surface area contributed by atoms with Crippen molar-refractivity contribution in [2.45, 2.75) is 38.3 Å². The lowest BCUT2D eigenvalue weighted by Crippen LogP contribution is -2.40. The van der Waals surface area contributed by atoms with E-state index in [1.165, 1.54) is 0 Å². The molecule has 0 radical (unpaired) electrons. The van der Waals surface area contributed by atoms with E-state index >= 15 is 0 Å². The van der Waals surface area contributed by atoms with Crippen LogP contribution in [0.15, 0.2) is 24.3 Å². The molecule has 8 nitrogen and oxygen atoms in total. The molecule has 0 bridgehead atoms. The van der Waals surface area contributed by atoms with E-state index in [1.54, 1.807) is 11.0 Å². The quantitative estimate of drug-likeness (QED) is 0.749. The number of anilines is 2. The van der Waals surface area contributed by atoms with Gasteiger partial charge in [-0.2, -0.15) is 4.98 Å². The number of aromatic nitrogens is 2. The fraction of sp³-hybridized carbons (Fsp3) is 0.522. The first-order valence-electron chi connectivity index (χ1n) is 11.0. The number of rotatable bonds is 4. The summed E-state index contributed by atoms with van der Waals surface area (Å²) in [6, 6.07) is 7.50. The van der Waals surface area contributed by atoms with E-state index in [-0.39, 0.29) is 23.9 Å². The molecule has 1 unspecified atom stereocenters. The van der Waals surface area contributed by atoms with Crippen molar-refractivity contribution in [1.82, 2.24) is 14.9 Å². The van der Waals surface area contributed by atoms with Crippen LogP contribution in [-0.4, -0.2) is 66.8 Å². The molecule has 1 atom stereocenters. The van der Waals surface area contributed by atoms with E-state index in [9.17, 15) is 4.79 Å². The van der Waals surface area contributed by atoms with Gasteiger partial charge in [-0.1, -0.05) is 17.7 Å². The highest BCUT2D eigenvalue weighted by Gasteiger charge is 2.28. The third-order valence-electron chi connectivity index (χ3n) is 6.16. The second-order valence-electron chi connectivity index (χ2n) is 8.36. The van der Waals surface area contributed by atoms with E-state index in [0.29, 0.717) is 37.0 Å². The Bertz CT molecular complexity index is 946. The van der Waals surface area contributed by atoms with Gasteiger partial charge in [0.25, 0.3) is 5.91 Å². The summed E-state index contributed by atoms with van der Waals surface area (Å²) in [6.45, 7) is 5.16. The van der Waals surface area contributed by atoms with Crippen LogP contribution < -0.4 is 10.6 Å². The van der Waals surface area contributed by atoms with Crippen molar-refractivity contribution in [2.24, 2.45) is 0 Å². The third kappa shape index (κ3) is 4.98. The Kier molecular flexibility index (Phi) is 7.13. The SMILES string of the molecule is Cc1cc(N2CCCOCC2c2ccc(C(=O)N(C)C3CCOCC3)cc2Cl)nc(N)n1. The Balaban J connectivity index is 1.60. The summed E-state index contributed by atoms with van der Waals surface area (Å²) in [7, 11) is 1.85. The fourth-order valence-electron chi connectivity index (χ4n) is 4.40. The topological polar surface area (TPSA) is 93.8 Å². The minimum atomic E-state index is -0.143. The predicted molar refractivity (Wildman–Crippen MR) is 124 cm³/mol. The van der Waals surface area contributed by atoms with Crippen molar-refractivity contribution in [3.8, 4) is 0 Å². The molecule has 1 aromatic carbocycles. The van der Waals surface area contributed by atoms with Gasteiger partial charge in [-0.3, -0.25) is 4.79 Å². The minimum Gasteiger partial charge on any atom is -0.381 e. The number of halogens is 1. The molecule has 2 fully saturated rings. The molecule has 1 amide bonds. The van der Waals surface area contributed by atoms with Crippen LogP contribution >= 0.6 is 11.6 Å². The van der Waals surface area contributed by atoms with Crippen LogP contribution in [0.1, 0.15) is 46.9 Å². The number of nitrogens with two attached hydrogens (primary N) is 1. The lowest BCUT2D eigenvalue weighted by molar-refractivity contribution is 0.0362. The number of nitrogen functional groups attached to an aromatic ring is 1. The van der Waals surface area contributed by atoms with Crippen LogP contribution in [0.3, 0.4) is 0 Å². The Labute approximate surface area is 193 Å². The highest BCUT2D eigenvalue weighted by molar-refractivity contribution is 6.31. The van der Waals surface area contributed by atoms with Crippen molar-refractivity contribution in [1.29, 1.82) is 0 Å². The highest BCUT2D eigenvalue weighted by Crippen LogP contribution is 2.34. The van der Waals surface area contributed by atoms with Gasteiger partial charge >= 0.3 is 0 Å². The monoisotopic (exact) mass is 459 g/mol. The highest BCUT2D eigenvalue weighted by atomic mass is 35.5. The number of hydrogen-bond donors (Lipinski definition) is 1. The number of hydrogen-bond acceptors (Lipinski definition) is 7. The number of nitrogens with zero attached hydrogens (tertiary/aromatic N) is 4. The van der Waals surface area contributed by atoms with Gasteiger partial charge in [0, 0.05) is 61.8 Å². The number of benzene rings is 1. The van der Waals surface area contributed by atoms with Gasteiger partial charge in [0.2, 0.25) is 5.95 Å². The average molecular weight is 460 g/mol. The molecule has 2 aliphatic rings. The maximum absolute atomic E-state index is 13.1. The lowest BCUT2D eigenvalue weighted by atomic mass is 10.0. The normalized spacial score (nSPS) is 20.1. The van der Waals surface area contributed by atoms with Gasteiger partial charge in [0.15, 0.2) is 0 Å². The van der Waals surface area contributed by atoms with E-state index in [1.807, 2.05) is 32.2 Å². The predicted octanol–water partition coefficient (Wildman–Crippen LogP) is 3.24. The molecule has 32 heavy (non-hydrogen) atoms. The largest absolute Gasteiger partial charge is 0.381 e. The van der Waals surface area contributed by atoms with Crippen LogP contribution in [0.5, 0.6) is 0 Å². The molecule has 172 valence electrons. The maximum Gasteiger partial charge on any atom is 0.253 e. The molecule has 2 N–H and O–H groups in total. The maximum atomic E-state index is 13.1. The second kappa shape index (κ2) is 10.0. The molecular formula is C23H30ClN5O3. The number of carbonyl (C=O) groups excluding carboxylic acids is 1. The molecule has 0 aliphatic carbocycles. The number of amides is 1. The molecule has 2 aliphatic heterocycles. The van der Waals surface area contributed by atoms with Crippen LogP contribution in [0.25, 0.3) is 0 Å². The van der Waals surface area contributed by atoms with Crippen molar-refractivity contribution >= 4 is 29.3 Å². The third-order valence-corrected chi connectivity index (χ3v) is 6.48. The molecule has 2 saturated heterocycles. The zero-order valence-corrected chi connectivity index (χ0v) is 19.3. The van der Waals surface area contributed by atoms with E-state index in [2.05, 4.69) is 14.9 Å². The second-order valence-corrected chi connectivity index (χ2v) is 8.77. The molecule has 0 saturated carbocycles. The fourth-order valence-corrected chi connectivity index (χ4v) is 4.71. The molecule has 3 heterocycles. The first-order valence-corrected chi connectivity index (χ1v) is 11.4. The summed E-state index contributed by atoms with van der Waals surface area (Å²) in [5, 5.41) is 0.537. The van der Waals surface area contributed by atoms with Gasteiger partial charge in [-0.05, 0) is 43.9 Å². The lowest BCUT2D eigenvalue weighted by Gasteiger charge is -2.32. The van der Waals surface area contributed by atoms with Crippen molar-refractivity contribution in [3.63, 3.8) is 0 Å². The Morgan fingerprint density at radius 2 is 1.97 bits per heavy atom. The van der Waals surface area contributed by atoms with Crippen LogP contribution in [0, 0.1) is 6.92 Å². The van der Waals surface area contributed by atoms with Gasteiger partial charge in [-0.25, -0.2) is 4.98 Å². The number of aryl methyl sites for hydroxylation is 1. The first kappa shape index (κ1) is 22.8. The smallest absolute Gasteiger partial charge is 0.253 e. The van der Waals surface area contributed by atoms with Gasteiger partial charge < -0.3 is 25.0 Å². The van der Waals surface area contributed by atoms with E-state index in [4.69, 9.17) is 26.8 Å². The molecule has 2 aromatic rings. The Morgan fingerprint density at radius 3 is 2.69 bits per heavy atom. The summed E-state index contributed by atoms with van der Waals surface area (Å²) in [5.74, 6) is 0.964. The molecule has 9 heteroatoms. The minimum absolute atomic E-state index is 0.0291. The molecule has 4 rings (SSSR count). The summed E-state index contributed by atoms with van der Waals surface area (Å²) in [5.41, 5.74) is 8.19. The van der Waals surface area contributed by atoms with Gasteiger partial charge in [-0.15, -0.1) is 0 Å². The molecular weight excluding hydrogens is 430 g/mol. The summed E-state index contributed by atoms with van der Waals surface area (Å²) in [6.07, 6.45) is 2.57. The Morgan fingerprint density at radius 1 is 1.19 bits per heavy atom. The number of carbonyl (C=O) groups is 1. The van der Waals surface area contributed by atoms with Crippen LogP contribution in [0.4, 0.5) is 11.8 Å². The van der Waals surface area contributed by atoms with E-state index < -0.39 is 0 Å². The van der Waals surface area contributed by atoms with Crippen molar-refractivity contribution < 1.29 is 14.3 Å². The number of ether oxygens (including phenoxy) is 2. The average Bonchev–Trinajstić information content (AvgIpc) is 3.04. The van der Waals surface area contributed by atoms with Crippen LogP contribution in [0.2, 0.25) is 5.02 Å². The molecule has 0 spiro atoms. The summed E-state index contributed by atoms with van der Waals surface area (Å²) >= 11 is 6.74. The van der Waals surface area contributed by atoms with Gasteiger partial charge in [0.1, 0.15) is 5.82 Å². The van der Waals surface area contributed by atoms with E-state index in [0.717, 1.165) is 42.9 Å². The Hall–Kier alpha value is -2.42. The summed E-state index contributed by atoms with van der Waals surface area (Å²) in [4.78, 5) is 25.7. The van der Waals surface area contributed by atoms with Crippen LogP contribution in [-0.2, 0) is 9.47 Å². The van der Waals surface area contributed by atoms with Crippen molar-refractivity contribution in [3.05, 3.63) is 46.1 Å².